The molecule has 1 amide bonds. The molecule has 0 spiro atoms. The minimum Gasteiger partial charge on any atom is -0.346 e. The minimum absolute atomic E-state index is 0.0820. The Morgan fingerprint density at radius 3 is 2.75 bits per heavy atom. The number of benzene rings is 2. The van der Waals surface area contributed by atoms with Crippen LogP contribution in [0.2, 0.25) is 0 Å². The van der Waals surface area contributed by atoms with Crippen LogP contribution in [0.25, 0.3) is 11.8 Å². The van der Waals surface area contributed by atoms with Crippen LogP contribution in [0.5, 0.6) is 0 Å². The third-order valence-corrected chi connectivity index (χ3v) is 3.76. The van der Waals surface area contributed by atoms with E-state index in [1.54, 1.807) is 18.6 Å². The summed E-state index contributed by atoms with van der Waals surface area (Å²) in [6.07, 6.45) is 8.76. The van der Waals surface area contributed by atoms with Gasteiger partial charge in [-0.2, -0.15) is 0 Å². The van der Waals surface area contributed by atoms with Crippen LogP contribution in [-0.2, 0) is 4.79 Å². The van der Waals surface area contributed by atoms with Gasteiger partial charge in [0.25, 0.3) is 0 Å². The quantitative estimate of drug-likeness (QED) is 0.728. The van der Waals surface area contributed by atoms with Crippen LogP contribution in [0.1, 0.15) is 24.1 Å². The molecule has 2 aromatic carbocycles. The summed E-state index contributed by atoms with van der Waals surface area (Å²) in [5, 5.41) is 2.99. The highest BCUT2D eigenvalue weighted by atomic mass is 16.1. The van der Waals surface area contributed by atoms with E-state index in [2.05, 4.69) is 10.3 Å². The molecule has 4 nitrogen and oxygen atoms in total. The number of amides is 1. The fourth-order valence-corrected chi connectivity index (χ4v) is 2.45. The second-order valence-corrected chi connectivity index (χ2v) is 5.54. The van der Waals surface area contributed by atoms with Crippen LogP contribution < -0.4 is 5.32 Å². The molecule has 0 radical (unpaired) electrons. The van der Waals surface area contributed by atoms with Gasteiger partial charge < -0.3 is 9.88 Å². The van der Waals surface area contributed by atoms with Crippen LogP contribution >= 0.6 is 0 Å². The lowest BCUT2D eigenvalue weighted by atomic mass is 10.1. The van der Waals surface area contributed by atoms with Gasteiger partial charge in [-0.1, -0.05) is 42.5 Å². The van der Waals surface area contributed by atoms with Crippen molar-refractivity contribution in [3.8, 4) is 5.69 Å². The SMILES string of the molecule is CC(NC(=O)/C=C/c1ccccc1)c1cccc(-n2ccnc2)c1. The Bertz CT molecular complexity index is 823. The van der Waals surface area contributed by atoms with E-state index < -0.39 is 0 Å². The van der Waals surface area contributed by atoms with Crippen LogP contribution in [0.4, 0.5) is 0 Å². The van der Waals surface area contributed by atoms with E-state index in [9.17, 15) is 4.79 Å². The third kappa shape index (κ3) is 3.98. The lowest BCUT2D eigenvalue weighted by molar-refractivity contribution is -0.117. The normalized spacial score (nSPS) is 12.2. The number of nitrogens with one attached hydrogen (secondary N) is 1. The number of carbonyl (C=O) groups excluding carboxylic acids is 1. The van der Waals surface area contributed by atoms with E-state index in [4.69, 9.17) is 0 Å². The molecule has 3 aromatic rings. The Balaban J connectivity index is 1.66. The number of imidazole rings is 1. The Kier molecular flexibility index (Phi) is 4.87. The Labute approximate surface area is 141 Å². The van der Waals surface area contributed by atoms with Gasteiger partial charge in [-0.05, 0) is 36.3 Å². The van der Waals surface area contributed by atoms with E-state index >= 15 is 0 Å². The van der Waals surface area contributed by atoms with Crippen molar-refractivity contribution in [3.63, 3.8) is 0 Å². The molecule has 0 fully saturated rings. The Morgan fingerprint density at radius 1 is 1.17 bits per heavy atom. The van der Waals surface area contributed by atoms with Gasteiger partial charge in [-0.15, -0.1) is 0 Å². The van der Waals surface area contributed by atoms with Crippen molar-refractivity contribution in [2.24, 2.45) is 0 Å². The van der Waals surface area contributed by atoms with Crippen molar-refractivity contribution in [2.45, 2.75) is 13.0 Å². The molecule has 1 atom stereocenters. The van der Waals surface area contributed by atoms with Gasteiger partial charge in [0, 0.05) is 24.2 Å². The summed E-state index contributed by atoms with van der Waals surface area (Å²) in [6, 6.07) is 17.7. The number of nitrogens with zero attached hydrogens (tertiary/aromatic N) is 2. The molecule has 1 unspecified atom stereocenters. The van der Waals surface area contributed by atoms with Gasteiger partial charge in [0.2, 0.25) is 5.91 Å². The van der Waals surface area contributed by atoms with Crippen molar-refractivity contribution in [3.05, 3.63) is 90.5 Å². The second-order valence-electron chi connectivity index (χ2n) is 5.54. The number of carbonyl (C=O) groups is 1. The first-order chi connectivity index (χ1) is 11.7. The molecule has 1 heterocycles. The van der Waals surface area contributed by atoms with Gasteiger partial charge in [0.05, 0.1) is 12.4 Å². The molecule has 1 N–H and O–H groups in total. The highest BCUT2D eigenvalue weighted by molar-refractivity contribution is 5.91. The summed E-state index contributed by atoms with van der Waals surface area (Å²) in [5.74, 6) is -0.112. The zero-order valence-corrected chi connectivity index (χ0v) is 13.5. The lowest BCUT2D eigenvalue weighted by Gasteiger charge is -2.14. The average molecular weight is 317 g/mol. The molecule has 0 aliphatic carbocycles. The maximum absolute atomic E-state index is 12.1. The predicted octanol–water partition coefficient (Wildman–Crippen LogP) is 3.76. The first-order valence-corrected chi connectivity index (χ1v) is 7.84. The van der Waals surface area contributed by atoms with Gasteiger partial charge in [-0.25, -0.2) is 4.98 Å². The second kappa shape index (κ2) is 7.42. The monoisotopic (exact) mass is 317 g/mol. The van der Waals surface area contributed by atoms with E-state index in [1.807, 2.05) is 78.4 Å². The summed E-state index contributed by atoms with van der Waals surface area (Å²) in [7, 11) is 0. The Hall–Kier alpha value is -3.14. The van der Waals surface area contributed by atoms with Crippen LogP contribution in [-0.4, -0.2) is 15.5 Å². The first kappa shape index (κ1) is 15.7. The van der Waals surface area contributed by atoms with E-state index in [0.717, 1.165) is 16.8 Å². The van der Waals surface area contributed by atoms with Crippen molar-refractivity contribution >= 4 is 12.0 Å². The number of hydrogen-bond acceptors (Lipinski definition) is 2. The molecular formula is C20H19N3O. The minimum atomic E-state index is -0.112. The van der Waals surface area contributed by atoms with Gasteiger partial charge in [0.1, 0.15) is 0 Å². The average Bonchev–Trinajstić information content (AvgIpc) is 3.16. The third-order valence-electron chi connectivity index (χ3n) is 3.76. The summed E-state index contributed by atoms with van der Waals surface area (Å²) in [5.41, 5.74) is 3.07. The summed E-state index contributed by atoms with van der Waals surface area (Å²) >= 11 is 0. The van der Waals surface area contributed by atoms with E-state index in [1.165, 1.54) is 0 Å². The fraction of sp³-hybridized carbons (Fsp3) is 0.100. The molecule has 3 rings (SSSR count). The first-order valence-electron chi connectivity index (χ1n) is 7.84. The largest absolute Gasteiger partial charge is 0.346 e. The molecule has 24 heavy (non-hydrogen) atoms. The maximum Gasteiger partial charge on any atom is 0.244 e. The van der Waals surface area contributed by atoms with Crippen molar-refractivity contribution in [2.75, 3.05) is 0 Å². The zero-order valence-electron chi connectivity index (χ0n) is 13.5. The summed E-state index contributed by atoms with van der Waals surface area (Å²) in [6.45, 7) is 1.97. The molecular weight excluding hydrogens is 298 g/mol. The Morgan fingerprint density at radius 2 is 2.00 bits per heavy atom. The lowest BCUT2D eigenvalue weighted by Crippen LogP contribution is -2.24. The molecule has 120 valence electrons. The maximum atomic E-state index is 12.1. The number of rotatable bonds is 5. The van der Waals surface area contributed by atoms with Crippen LogP contribution in [0.15, 0.2) is 79.4 Å². The molecule has 0 aliphatic rings. The molecule has 1 aromatic heterocycles. The van der Waals surface area contributed by atoms with E-state index in [0.29, 0.717) is 0 Å². The topological polar surface area (TPSA) is 46.9 Å². The highest BCUT2D eigenvalue weighted by Gasteiger charge is 2.08. The van der Waals surface area contributed by atoms with Crippen molar-refractivity contribution in [1.82, 2.24) is 14.9 Å². The highest BCUT2D eigenvalue weighted by Crippen LogP contribution is 2.17. The molecule has 0 bridgehead atoms. The summed E-state index contributed by atoms with van der Waals surface area (Å²) in [4.78, 5) is 16.2. The summed E-state index contributed by atoms with van der Waals surface area (Å²) < 4.78 is 1.94. The smallest absolute Gasteiger partial charge is 0.244 e. The van der Waals surface area contributed by atoms with Crippen molar-refractivity contribution < 1.29 is 4.79 Å². The number of aromatic nitrogens is 2. The van der Waals surface area contributed by atoms with Crippen molar-refractivity contribution in [1.29, 1.82) is 0 Å². The molecule has 0 saturated heterocycles. The molecule has 4 heteroatoms. The van der Waals surface area contributed by atoms with Gasteiger partial charge >= 0.3 is 0 Å². The van der Waals surface area contributed by atoms with E-state index in [-0.39, 0.29) is 11.9 Å². The predicted molar refractivity (Wildman–Crippen MR) is 95.6 cm³/mol. The zero-order chi connectivity index (χ0) is 16.8. The van der Waals surface area contributed by atoms with Gasteiger partial charge in [0.15, 0.2) is 0 Å². The fourth-order valence-electron chi connectivity index (χ4n) is 2.45. The standard InChI is InChI=1S/C20H19N3O/c1-16(22-20(24)11-10-17-6-3-2-4-7-17)18-8-5-9-19(14-18)23-13-12-21-15-23/h2-16H,1H3,(H,22,24)/b11-10+. The van der Waals surface area contributed by atoms with Crippen LogP contribution in [0.3, 0.4) is 0 Å². The molecule has 0 saturated carbocycles. The molecule has 0 aliphatic heterocycles. The van der Waals surface area contributed by atoms with Crippen LogP contribution in [0, 0.1) is 0 Å². The van der Waals surface area contributed by atoms with Gasteiger partial charge in [-0.3, -0.25) is 4.79 Å². The number of hydrogen-bond donors (Lipinski definition) is 1.